The van der Waals surface area contributed by atoms with Crippen LogP contribution in [0.15, 0.2) is 41.3 Å². The number of hydrogen-bond donors (Lipinski definition) is 1. The summed E-state index contributed by atoms with van der Waals surface area (Å²) in [6.07, 6.45) is -2.52. The minimum Gasteiger partial charge on any atom is -0.406 e. The maximum Gasteiger partial charge on any atom is 0.573 e. The second kappa shape index (κ2) is 9.82. The number of methoxy groups -OCH3 is 1. The van der Waals surface area contributed by atoms with Crippen molar-refractivity contribution in [2.45, 2.75) is 25.9 Å². The van der Waals surface area contributed by atoms with E-state index in [0.717, 1.165) is 0 Å². The molecule has 1 fully saturated rings. The van der Waals surface area contributed by atoms with Crippen LogP contribution in [-0.4, -0.2) is 48.9 Å². The summed E-state index contributed by atoms with van der Waals surface area (Å²) >= 11 is 0. The topological polar surface area (TPSA) is 85.7 Å². The van der Waals surface area contributed by atoms with Crippen LogP contribution in [0, 0.1) is 5.92 Å². The average Bonchev–Trinajstić information content (AvgIpc) is 3.21. The normalized spacial score (nSPS) is 16.4. The van der Waals surface area contributed by atoms with Gasteiger partial charge in [0.2, 0.25) is 5.91 Å². The molecular formula is C20H23F3N4O4. The first-order valence-corrected chi connectivity index (χ1v) is 9.68. The van der Waals surface area contributed by atoms with Gasteiger partial charge in [-0.05, 0) is 24.1 Å². The van der Waals surface area contributed by atoms with Gasteiger partial charge >= 0.3 is 6.36 Å². The molecule has 1 aliphatic heterocycles. The molecule has 3 rings (SSSR count). The number of benzene rings is 1. The molecule has 1 aliphatic rings. The Kier molecular flexibility index (Phi) is 7.16. The molecule has 11 heteroatoms. The van der Waals surface area contributed by atoms with Gasteiger partial charge in [0, 0.05) is 32.8 Å². The third-order valence-electron chi connectivity index (χ3n) is 4.91. The highest BCUT2D eigenvalue weighted by Gasteiger charge is 2.31. The number of rotatable bonds is 8. The Morgan fingerprint density at radius 3 is 2.68 bits per heavy atom. The van der Waals surface area contributed by atoms with Crippen molar-refractivity contribution in [3.05, 3.63) is 52.4 Å². The summed E-state index contributed by atoms with van der Waals surface area (Å²) in [7, 11) is 1.55. The molecule has 8 nitrogen and oxygen atoms in total. The molecule has 1 N–H and O–H groups in total. The molecule has 0 saturated carbocycles. The first kappa shape index (κ1) is 22.6. The van der Waals surface area contributed by atoms with Crippen LogP contribution >= 0.6 is 0 Å². The zero-order valence-electron chi connectivity index (χ0n) is 16.9. The van der Waals surface area contributed by atoms with Gasteiger partial charge in [-0.1, -0.05) is 12.1 Å². The molecule has 2 heterocycles. The number of nitrogens with one attached hydrogen (secondary N) is 1. The van der Waals surface area contributed by atoms with Crippen LogP contribution in [0.2, 0.25) is 0 Å². The Labute approximate surface area is 176 Å². The molecule has 168 valence electrons. The Morgan fingerprint density at radius 2 is 2.03 bits per heavy atom. The lowest BCUT2D eigenvalue weighted by Crippen LogP contribution is -2.33. The van der Waals surface area contributed by atoms with Crippen molar-refractivity contribution in [3.63, 3.8) is 0 Å². The minimum atomic E-state index is -4.74. The molecule has 1 amide bonds. The molecule has 1 aromatic heterocycles. The SMILES string of the molecule is COCCn1ncc(N2CCC(C(=O)NCc3ccc(OC(F)(F)F)cc3)C2)cc1=O. The summed E-state index contributed by atoms with van der Waals surface area (Å²) < 4.78 is 46.7. The van der Waals surface area contributed by atoms with Crippen LogP contribution in [0.5, 0.6) is 5.75 Å². The van der Waals surface area contributed by atoms with E-state index in [-0.39, 0.29) is 29.7 Å². The molecule has 0 spiro atoms. The highest BCUT2D eigenvalue weighted by atomic mass is 19.4. The maximum absolute atomic E-state index is 12.5. The fraction of sp³-hybridized carbons (Fsp3) is 0.450. The van der Waals surface area contributed by atoms with Crippen molar-refractivity contribution >= 4 is 11.6 Å². The van der Waals surface area contributed by atoms with E-state index in [1.807, 2.05) is 4.90 Å². The summed E-state index contributed by atoms with van der Waals surface area (Å²) in [6.45, 7) is 2.01. The molecule has 0 aliphatic carbocycles. The number of carbonyl (C=O) groups is 1. The number of aromatic nitrogens is 2. The fourth-order valence-corrected chi connectivity index (χ4v) is 3.29. The van der Waals surface area contributed by atoms with Crippen molar-refractivity contribution < 1.29 is 27.4 Å². The van der Waals surface area contributed by atoms with Crippen molar-refractivity contribution in [2.75, 3.05) is 31.7 Å². The Bertz CT molecular complexity index is 947. The van der Waals surface area contributed by atoms with Gasteiger partial charge in [0.05, 0.1) is 31.0 Å². The average molecular weight is 440 g/mol. The molecule has 1 atom stereocenters. The van der Waals surface area contributed by atoms with E-state index in [4.69, 9.17) is 4.74 Å². The summed E-state index contributed by atoms with van der Waals surface area (Å²) in [5, 5.41) is 6.94. The predicted octanol–water partition coefficient (Wildman–Crippen LogP) is 1.93. The number of anilines is 1. The fourth-order valence-electron chi connectivity index (χ4n) is 3.29. The van der Waals surface area contributed by atoms with Gasteiger partial charge in [-0.2, -0.15) is 5.10 Å². The number of hydrogen-bond acceptors (Lipinski definition) is 6. The first-order chi connectivity index (χ1) is 14.7. The van der Waals surface area contributed by atoms with Crippen LogP contribution in [0.4, 0.5) is 18.9 Å². The van der Waals surface area contributed by atoms with E-state index in [2.05, 4.69) is 15.2 Å². The van der Waals surface area contributed by atoms with Gasteiger partial charge in [-0.25, -0.2) is 4.68 Å². The third kappa shape index (κ3) is 6.45. The zero-order chi connectivity index (χ0) is 22.4. The van der Waals surface area contributed by atoms with Gasteiger partial charge in [-0.3, -0.25) is 9.59 Å². The van der Waals surface area contributed by atoms with Crippen molar-refractivity contribution in [3.8, 4) is 5.75 Å². The molecule has 1 saturated heterocycles. The van der Waals surface area contributed by atoms with Gasteiger partial charge in [0.25, 0.3) is 5.56 Å². The molecule has 1 aromatic carbocycles. The number of alkyl halides is 3. The number of ether oxygens (including phenoxy) is 2. The molecule has 0 radical (unpaired) electrons. The molecule has 1 unspecified atom stereocenters. The largest absolute Gasteiger partial charge is 0.573 e. The van der Waals surface area contributed by atoms with E-state index in [9.17, 15) is 22.8 Å². The second-order valence-corrected chi connectivity index (χ2v) is 7.11. The van der Waals surface area contributed by atoms with E-state index >= 15 is 0 Å². The smallest absolute Gasteiger partial charge is 0.406 e. The van der Waals surface area contributed by atoms with Crippen molar-refractivity contribution in [1.29, 1.82) is 0 Å². The standard InChI is InChI=1S/C20H23F3N4O4/c1-30-9-8-27-18(28)10-16(12-25-27)26-7-6-15(13-26)19(29)24-11-14-2-4-17(5-3-14)31-20(21,22)23/h2-5,10,12,15H,6-9,11,13H2,1H3,(H,24,29). The van der Waals surface area contributed by atoms with E-state index in [1.54, 1.807) is 13.3 Å². The van der Waals surface area contributed by atoms with Crippen molar-refractivity contribution in [1.82, 2.24) is 15.1 Å². The lowest BCUT2D eigenvalue weighted by Gasteiger charge is -2.18. The van der Waals surface area contributed by atoms with E-state index < -0.39 is 6.36 Å². The molecule has 2 aromatic rings. The number of halogens is 3. The van der Waals surface area contributed by atoms with Gasteiger partial charge in [0.1, 0.15) is 5.75 Å². The number of amides is 1. The molecule has 31 heavy (non-hydrogen) atoms. The second-order valence-electron chi connectivity index (χ2n) is 7.11. The van der Waals surface area contributed by atoms with Gasteiger partial charge in [-0.15, -0.1) is 13.2 Å². The Morgan fingerprint density at radius 1 is 1.29 bits per heavy atom. The summed E-state index contributed by atoms with van der Waals surface area (Å²) in [5.74, 6) is -0.727. The van der Waals surface area contributed by atoms with E-state index in [0.29, 0.717) is 43.9 Å². The highest BCUT2D eigenvalue weighted by Crippen LogP contribution is 2.24. The molecular weight excluding hydrogens is 417 g/mol. The summed E-state index contributed by atoms with van der Waals surface area (Å²) in [4.78, 5) is 26.6. The van der Waals surface area contributed by atoms with Crippen LogP contribution in [0.25, 0.3) is 0 Å². The monoisotopic (exact) mass is 440 g/mol. The highest BCUT2D eigenvalue weighted by molar-refractivity contribution is 5.80. The predicted molar refractivity (Wildman–Crippen MR) is 106 cm³/mol. The van der Waals surface area contributed by atoms with Crippen LogP contribution in [0.3, 0.4) is 0 Å². The summed E-state index contributed by atoms with van der Waals surface area (Å²) in [5.41, 5.74) is 1.08. The minimum absolute atomic E-state index is 0.153. The molecule has 0 bridgehead atoms. The number of nitrogens with zero attached hydrogens (tertiary/aromatic N) is 3. The quantitative estimate of drug-likeness (QED) is 0.675. The van der Waals surface area contributed by atoms with E-state index in [1.165, 1.54) is 35.0 Å². The lowest BCUT2D eigenvalue weighted by molar-refractivity contribution is -0.274. The van der Waals surface area contributed by atoms with Crippen LogP contribution in [0.1, 0.15) is 12.0 Å². The lowest BCUT2D eigenvalue weighted by atomic mass is 10.1. The van der Waals surface area contributed by atoms with Crippen LogP contribution in [-0.2, 0) is 22.6 Å². The Balaban J connectivity index is 1.50. The third-order valence-corrected chi connectivity index (χ3v) is 4.91. The summed E-state index contributed by atoms with van der Waals surface area (Å²) in [6, 6.07) is 6.83. The van der Waals surface area contributed by atoms with Gasteiger partial charge in [0.15, 0.2) is 0 Å². The Hall–Kier alpha value is -3.08. The zero-order valence-corrected chi connectivity index (χ0v) is 16.9. The maximum atomic E-state index is 12.5. The first-order valence-electron chi connectivity index (χ1n) is 9.68. The van der Waals surface area contributed by atoms with Crippen LogP contribution < -0.4 is 20.5 Å². The number of carbonyl (C=O) groups excluding carboxylic acids is 1. The van der Waals surface area contributed by atoms with Gasteiger partial charge < -0.3 is 19.7 Å². The van der Waals surface area contributed by atoms with Crippen molar-refractivity contribution in [2.24, 2.45) is 5.92 Å².